The topological polar surface area (TPSA) is 99.3 Å². The Morgan fingerprint density at radius 3 is 3.00 bits per heavy atom. The van der Waals surface area contributed by atoms with Gasteiger partial charge in [0.05, 0.1) is 41.1 Å². The lowest BCUT2D eigenvalue weighted by molar-refractivity contribution is -0.126. The van der Waals surface area contributed by atoms with Crippen LogP contribution in [-0.4, -0.2) is 77.4 Å². The highest BCUT2D eigenvalue weighted by molar-refractivity contribution is 7.19. The molecule has 1 aromatic carbocycles. The molecule has 0 radical (unpaired) electrons. The largest absolute Gasteiger partial charge is 0.378 e. The van der Waals surface area contributed by atoms with Gasteiger partial charge in [0, 0.05) is 49.1 Å². The first-order valence-corrected chi connectivity index (χ1v) is 13.0. The van der Waals surface area contributed by atoms with Gasteiger partial charge >= 0.3 is 0 Å². The second kappa shape index (κ2) is 9.52. The van der Waals surface area contributed by atoms with Gasteiger partial charge in [0.1, 0.15) is 0 Å². The van der Waals surface area contributed by atoms with Crippen LogP contribution in [0.25, 0.3) is 32.5 Å². The van der Waals surface area contributed by atoms with E-state index in [4.69, 9.17) is 14.7 Å². The average molecular weight is 492 g/mol. The molecule has 0 spiro atoms. The Morgan fingerprint density at radius 2 is 2.14 bits per heavy atom. The van der Waals surface area contributed by atoms with Crippen molar-refractivity contribution < 1.29 is 9.53 Å². The van der Waals surface area contributed by atoms with Gasteiger partial charge in [-0.25, -0.2) is 9.97 Å². The van der Waals surface area contributed by atoms with Crippen LogP contribution in [0.1, 0.15) is 17.7 Å². The molecule has 2 aliphatic rings. The third-order valence-electron chi connectivity index (χ3n) is 6.94. The molecule has 0 aliphatic carbocycles. The molecule has 9 nitrogen and oxygen atoms in total. The van der Waals surface area contributed by atoms with Crippen molar-refractivity contribution in [3.05, 3.63) is 35.3 Å². The van der Waals surface area contributed by atoms with E-state index in [0.717, 1.165) is 78.1 Å². The van der Waals surface area contributed by atoms with E-state index in [-0.39, 0.29) is 11.8 Å². The number of benzene rings is 1. The highest BCUT2D eigenvalue weighted by Crippen LogP contribution is 2.36. The van der Waals surface area contributed by atoms with Crippen LogP contribution in [0.3, 0.4) is 0 Å². The van der Waals surface area contributed by atoms with E-state index in [9.17, 15) is 4.79 Å². The summed E-state index contributed by atoms with van der Waals surface area (Å²) in [5.74, 6) is 1.90. The van der Waals surface area contributed by atoms with E-state index in [1.54, 1.807) is 18.4 Å². The maximum Gasteiger partial charge on any atom is 0.224 e. The number of fused-ring (bicyclic) bond motifs is 2. The van der Waals surface area contributed by atoms with Crippen molar-refractivity contribution in [3.63, 3.8) is 0 Å². The van der Waals surface area contributed by atoms with Gasteiger partial charge in [-0.15, -0.1) is 11.3 Å². The predicted octanol–water partition coefficient (Wildman–Crippen LogP) is 3.03. The van der Waals surface area contributed by atoms with Gasteiger partial charge in [-0.3, -0.25) is 14.8 Å². The van der Waals surface area contributed by atoms with Crippen LogP contribution in [0, 0.1) is 5.92 Å². The number of hydrogen-bond donors (Lipinski definition) is 2. The molecule has 3 aromatic heterocycles. The van der Waals surface area contributed by atoms with Crippen molar-refractivity contribution in [2.24, 2.45) is 5.92 Å². The number of thiophene rings is 1. The number of rotatable bonds is 5. The highest BCUT2D eigenvalue weighted by Gasteiger charge is 2.26. The third kappa shape index (κ3) is 4.37. The van der Waals surface area contributed by atoms with Gasteiger partial charge in [0.25, 0.3) is 0 Å². The van der Waals surface area contributed by atoms with Gasteiger partial charge in [-0.2, -0.15) is 5.10 Å². The number of carbonyl (C=O) groups excluding carboxylic acids is 1. The molecule has 2 fully saturated rings. The Kier molecular flexibility index (Phi) is 6.09. The maximum atomic E-state index is 12.2. The van der Waals surface area contributed by atoms with Crippen LogP contribution in [0.2, 0.25) is 0 Å². The Balaban J connectivity index is 1.38. The molecule has 6 rings (SSSR count). The zero-order chi connectivity index (χ0) is 23.8. The Labute approximate surface area is 207 Å². The van der Waals surface area contributed by atoms with Crippen LogP contribution in [0.4, 0.5) is 5.82 Å². The second-order valence-corrected chi connectivity index (χ2v) is 10.4. The van der Waals surface area contributed by atoms with E-state index < -0.39 is 0 Å². The van der Waals surface area contributed by atoms with Gasteiger partial charge in [0.15, 0.2) is 11.6 Å². The minimum Gasteiger partial charge on any atom is -0.378 e. The SMILES string of the molecule is CNC(=O)C1CCCN(Cc2cc3nc(-c4cccc5[nH]ncc45)nc(N4CCOCC4)c3s2)C1. The summed E-state index contributed by atoms with van der Waals surface area (Å²) in [7, 11) is 1.72. The van der Waals surface area contributed by atoms with Crippen LogP contribution in [0.15, 0.2) is 30.5 Å². The molecule has 0 bridgehead atoms. The predicted molar refractivity (Wildman–Crippen MR) is 138 cm³/mol. The molecule has 1 unspecified atom stereocenters. The number of aromatic amines is 1. The monoisotopic (exact) mass is 491 g/mol. The molecule has 10 heteroatoms. The number of piperidine rings is 1. The molecule has 0 saturated carbocycles. The van der Waals surface area contributed by atoms with Crippen molar-refractivity contribution in [1.82, 2.24) is 30.4 Å². The van der Waals surface area contributed by atoms with Crippen molar-refractivity contribution in [2.45, 2.75) is 19.4 Å². The third-order valence-corrected chi connectivity index (χ3v) is 8.05. The van der Waals surface area contributed by atoms with Crippen LogP contribution in [0.5, 0.6) is 0 Å². The fourth-order valence-electron chi connectivity index (χ4n) is 5.15. The summed E-state index contributed by atoms with van der Waals surface area (Å²) in [5.41, 5.74) is 2.92. The number of nitrogens with one attached hydrogen (secondary N) is 2. The number of carbonyl (C=O) groups is 1. The first-order chi connectivity index (χ1) is 17.2. The molecule has 5 heterocycles. The summed E-state index contributed by atoms with van der Waals surface area (Å²) in [5, 5.41) is 11.1. The number of ether oxygens (including phenoxy) is 1. The number of amides is 1. The van der Waals surface area contributed by atoms with Gasteiger partial charge in [-0.1, -0.05) is 12.1 Å². The van der Waals surface area contributed by atoms with E-state index >= 15 is 0 Å². The van der Waals surface area contributed by atoms with E-state index in [1.165, 1.54) is 4.88 Å². The fraction of sp³-hybridized carbons (Fsp3) is 0.440. The molecule has 4 aromatic rings. The Hall–Kier alpha value is -3.08. The first-order valence-electron chi connectivity index (χ1n) is 12.2. The quantitative estimate of drug-likeness (QED) is 0.443. The minimum atomic E-state index is 0.0638. The summed E-state index contributed by atoms with van der Waals surface area (Å²) in [6, 6.07) is 8.28. The summed E-state index contributed by atoms with van der Waals surface area (Å²) in [6.45, 7) is 5.66. The van der Waals surface area contributed by atoms with E-state index in [0.29, 0.717) is 19.0 Å². The van der Waals surface area contributed by atoms with Gasteiger partial charge in [0.2, 0.25) is 5.91 Å². The standard InChI is InChI=1S/C25H29N7O2S/c1-26-25(33)16-4-3-7-31(14-16)15-17-12-21-22(35-17)24(32-8-10-34-11-9-32)29-23(28-21)18-5-2-6-20-19(18)13-27-30-20/h2,5-6,12-13,16H,3-4,7-11,14-15H2,1H3,(H,26,33)(H,27,30). The zero-order valence-electron chi connectivity index (χ0n) is 19.8. The lowest BCUT2D eigenvalue weighted by atomic mass is 9.97. The maximum absolute atomic E-state index is 12.2. The number of likely N-dealkylation sites (tertiary alicyclic amines) is 1. The van der Waals surface area contributed by atoms with Crippen molar-refractivity contribution in [2.75, 3.05) is 51.3 Å². The Bertz CT molecular complexity index is 1360. The molecular weight excluding hydrogens is 462 g/mol. The molecule has 35 heavy (non-hydrogen) atoms. The van der Waals surface area contributed by atoms with Gasteiger partial charge in [-0.05, 0) is 31.5 Å². The summed E-state index contributed by atoms with van der Waals surface area (Å²) in [4.78, 5) is 28.3. The minimum absolute atomic E-state index is 0.0638. The molecule has 2 aliphatic heterocycles. The number of anilines is 1. The second-order valence-electron chi connectivity index (χ2n) is 9.22. The number of aromatic nitrogens is 4. The van der Waals surface area contributed by atoms with Crippen molar-refractivity contribution in [3.8, 4) is 11.4 Å². The molecular formula is C25H29N7O2S. The molecule has 1 amide bonds. The smallest absolute Gasteiger partial charge is 0.224 e. The first kappa shape index (κ1) is 22.4. The number of hydrogen-bond acceptors (Lipinski definition) is 8. The molecule has 2 saturated heterocycles. The number of morpholine rings is 1. The molecule has 182 valence electrons. The van der Waals surface area contributed by atoms with Crippen molar-refractivity contribution >= 4 is 44.2 Å². The summed E-state index contributed by atoms with van der Waals surface area (Å²) >= 11 is 1.77. The lowest BCUT2D eigenvalue weighted by Gasteiger charge is -2.31. The van der Waals surface area contributed by atoms with Gasteiger partial charge < -0.3 is 15.0 Å². The highest BCUT2D eigenvalue weighted by atomic mass is 32.1. The molecule has 1 atom stereocenters. The number of H-pyrrole nitrogens is 1. The lowest BCUT2D eigenvalue weighted by Crippen LogP contribution is -2.41. The Morgan fingerprint density at radius 1 is 1.26 bits per heavy atom. The fourth-order valence-corrected chi connectivity index (χ4v) is 6.31. The average Bonchev–Trinajstić information content (AvgIpc) is 3.55. The van der Waals surface area contributed by atoms with E-state index in [2.05, 4.69) is 37.4 Å². The normalized spacial score (nSPS) is 19.5. The van der Waals surface area contributed by atoms with Crippen LogP contribution >= 0.6 is 11.3 Å². The van der Waals surface area contributed by atoms with Crippen molar-refractivity contribution in [1.29, 1.82) is 0 Å². The molecule has 2 N–H and O–H groups in total. The van der Waals surface area contributed by atoms with E-state index in [1.807, 2.05) is 18.3 Å². The summed E-state index contributed by atoms with van der Waals surface area (Å²) in [6.07, 6.45) is 3.84. The zero-order valence-corrected chi connectivity index (χ0v) is 20.6. The summed E-state index contributed by atoms with van der Waals surface area (Å²) < 4.78 is 6.72. The van der Waals surface area contributed by atoms with Crippen LogP contribution in [-0.2, 0) is 16.1 Å². The van der Waals surface area contributed by atoms with Crippen LogP contribution < -0.4 is 10.2 Å². The number of nitrogens with zero attached hydrogens (tertiary/aromatic N) is 5.